The lowest BCUT2D eigenvalue weighted by atomic mass is 10.1. The highest BCUT2D eigenvalue weighted by atomic mass is 32.2. The zero-order valence-electron chi connectivity index (χ0n) is 10.1. The number of carboxylic acids is 1. The van der Waals surface area contributed by atoms with Gasteiger partial charge in [0.2, 0.25) is 0 Å². The van der Waals surface area contributed by atoms with Gasteiger partial charge in [0.1, 0.15) is 0 Å². The molecule has 3 nitrogen and oxygen atoms in total. The fourth-order valence-corrected chi connectivity index (χ4v) is 3.42. The van der Waals surface area contributed by atoms with E-state index in [4.69, 9.17) is 5.11 Å². The zero-order chi connectivity index (χ0) is 13.1. The third-order valence-electron chi connectivity index (χ3n) is 2.54. The van der Waals surface area contributed by atoms with Crippen molar-refractivity contribution in [1.29, 1.82) is 0 Å². The van der Waals surface area contributed by atoms with Gasteiger partial charge in [0.15, 0.2) is 4.34 Å². The van der Waals surface area contributed by atoms with Crippen LogP contribution in [0.2, 0.25) is 0 Å². The normalized spacial score (nSPS) is 10.6. The maximum absolute atomic E-state index is 11.1. The standard InChI is InChI=1S/C13H13NO2S2/c1-3-9-7-17-13(14-9)18-10-5-4-8(2)11(6-10)12(15)16/h4-7H,3H2,1-2H3,(H,15,16). The molecule has 0 saturated heterocycles. The summed E-state index contributed by atoms with van der Waals surface area (Å²) in [6.07, 6.45) is 0.922. The molecular weight excluding hydrogens is 266 g/mol. The number of aromatic nitrogens is 1. The van der Waals surface area contributed by atoms with Crippen molar-refractivity contribution < 1.29 is 9.90 Å². The molecule has 18 heavy (non-hydrogen) atoms. The second-order valence-electron chi connectivity index (χ2n) is 3.84. The van der Waals surface area contributed by atoms with Crippen LogP contribution in [0, 0.1) is 6.92 Å². The first-order valence-corrected chi connectivity index (χ1v) is 7.26. The Morgan fingerprint density at radius 3 is 2.89 bits per heavy atom. The van der Waals surface area contributed by atoms with Crippen LogP contribution in [0.4, 0.5) is 0 Å². The highest BCUT2D eigenvalue weighted by Crippen LogP contribution is 2.31. The number of aryl methyl sites for hydroxylation is 2. The smallest absolute Gasteiger partial charge is 0.335 e. The predicted octanol–water partition coefficient (Wildman–Crippen LogP) is 3.86. The highest BCUT2D eigenvalue weighted by molar-refractivity contribution is 8.01. The van der Waals surface area contributed by atoms with Gasteiger partial charge in [-0.2, -0.15) is 0 Å². The lowest BCUT2D eigenvalue weighted by molar-refractivity contribution is 0.0696. The van der Waals surface area contributed by atoms with Crippen LogP contribution in [0.3, 0.4) is 0 Å². The Morgan fingerprint density at radius 2 is 2.28 bits per heavy atom. The first-order valence-electron chi connectivity index (χ1n) is 5.56. The van der Waals surface area contributed by atoms with Crippen molar-refractivity contribution in [3.05, 3.63) is 40.4 Å². The molecule has 0 bridgehead atoms. The summed E-state index contributed by atoms with van der Waals surface area (Å²) in [7, 11) is 0. The Bertz CT molecular complexity index is 578. The number of aromatic carboxylic acids is 1. The van der Waals surface area contributed by atoms with Gasteiger partial charge in [-0.3, -0.25) is 0 Å². The summed E-state index contributed by atoms with van der Waals surface area (Å²) in [5, 5.41) is 11.1. The van der Waals surface area contributed by atoms with Gasteiger partial charge in [-0.25, -0.2) is 9.78 Å². The SMILES string of the molecule is CCc1csc(Sc2ccc(C)c(C(=O)O)c2)n1. The average Bonchev–Trinajstić information content (AvgIpc) is 2.79. The molecule has 0 atom stereocenters. The molecule has 0 aliphatic carbocycles. The second-order valence-corrected chi connectivity index (χ2v) is 6.02. The van der Waals surface area contributed by atoms with Gasteiger partial charge in [-0.05, 0) is 31.0 Å². The summed E-state index contributed by atoms with van der Waals surface area (Å²) in [5.41, 5.74) is 2.21. The maximum Gasteiger partial charge on any atom is 0.335 e. The van der Waals surface area contributed by atoms with Gasteiger partial charge in [0.25, 0.3) is 0 Å². The minimum absolute atomic E-state index is 0.354. The molecule has 0 radical (unpaired) electrons. The van der Waals surface area contributed by atoms with Gasteiger partial charge in [-0.1, -0.05) is 24.8 Å². The van der Waals surface area contributed by atoms with E-state index in [2.05, 4.69) is 11.9 Å². The quantitative estimate of drug-likeness (QED) is 0.923. The third-order valence-corrected chi connectivity index (χ3v) is 4.51. The number of hydrogen-bond donors (Lipinski definition) is 1. The maximum atomic E-state index is 11.1. The van der Waals surface area contributed by atoms with Crippen LogP contribution in [-0.2, 0) is 6.42 Å². The van der Waals surface area contributed by atoms with Gasteiger partial charge < -0.3 is 5.11 Å². The topological polar surface area (TPSA) is 50.2 Å². The summed E-state index contributed by atoms with van der Waals surface area (Å²) < 4.78 is 0.951. The lowest BCUT2D eigenvalue weighted by Gasteiger charge is -2.03. The molecule has 1 heterocycles. The molecule has 0 aliphatic heterocycles. The van der Waals surface area contributed by atoms with E-state index >= 15 is 0 Å². The molecular formula is C13H13NO2S2. The molecule has 0 spiro atoms. The van der Waals surface area contributed by atoms with Crippen LogP contribution in [0.1, 0.15) is 28.5 Å². The molecule has 0 saturated carbocycles. The fourth-order valence-electron chi connectivity index (χ4n) is 1.49. The van der Waals surface area contributed by atoms with Crippen molar-refractivity contribution >= 4 is 29.1 Å². The largest absolute Gasteiger partial charge is 0.478 e. The van der Waals surface area contributed by atoms with E-state index in [1.807, 2.05) is 17.5 Å². The molecule has 1 aromatic carbocycles. The molecule has 1 aromatic heterocycles. The van der Waals surface area contributed by atoms with E-state index in [-0.39, 0.29) is 0 Å². The number of thiazole rings is 1. The number of nitrogens with zero attached hydrogens (tertiary/aromatic N) is 1. The van der Waals surface area contributed by atoms with Crippen LogP contribution in [0.5, 0.6) is 0 Å². The van der Waals surface area contributed by atoms with Crippen molar-refractivity contribution in [2.24, 2.45) is 0 Å². The third kappa shape index (κ3) is 2.91. The van der Waals surface area contributed by atoms with Gasteiger partial charge in [-0.15, -0.1) is 11.3 Å². The van der Waals surface area contributed by atoms with Crippen LogP contribution < -0.4 is 0 Å². The summed E-state index contributed by atoms with van der Waals surface area (Å²) in [4.78, 5) is 16.4. The number of carbonyl (C=O) groups is 1. The highest BCUT2D eigenvalue weighted by Gasteiger charge is 2.09. The van der Waals surface area contributed by atoms with E-state index in [9.17, 15) is 4.79 Å². The number of benzene rings is 1. The van der Waals surface area contributed by atoms with Crippen molar-refractivity contribution in [3.63, 3.8) is 0 Å². The number of hydrogen-bond acceptors (Lipinski definition) is 4. The molecule has 0 unspecified atom stereocenters. The molecule has 0 amide bonds. The Kier molecular flexibility index (Phi) is 4.04. The summed E-state index contributed by atoms with van der Waals surface area (Å²) in [6, 6.07) is 5.47. The number of rotatable bonds is 4. The van der Waals surface area contributed by atoms with Crippen LogP contribution in [0.25, 0.3) is 0 Å². The first kappa shape index (κ1) is 13.1. The molecule has 2 aromatic rings. The summed E-state index contributed by atoms with van der Waals surface area (Å²) >= 11 is 3.10. The fraction of sp³-hybridized carbons (Fsp3) is 0.231. The summed E-state index contributed by atoms with van der Waals surface area (Å²) in [5.74, 6) is -0.886. The van der Waals surface area contributed by atoms with Crippen molar-refractivity contribution in [2.75, 3.05) is 0 Å². The van der Waals surface area contributed by atoms with E-state index < -0.39 is 5.97 Å². The predicted molar refractivity (Wildman–Crippen MR) is 73.8 cm³/mol. The van der Waals surface area contributed by atoms with Crippen molar-refractivity contribution in [1.82, 2.24) is 4.98 Å². The van der Waals surface area contributed by atoms with Crippen molar-refractivity contribution in [2.45, 2.75) is 29.5 Å². The first-order chi connectivity index (χ1) is 8.60. The van der Waals surface area contributed by atoms with Crippen LogP contribution in [0.15, 0.2) is 32.8 Å². The zero-order valence-corrected chi connectivity index (χ0v) is 11.8. The van der Waals surface area contributed by atoms with Gasteiger partial charge in [0.05, 0.1) is 11.3 Å². The van der Waals surface area contributed by atoms with Crippen molar-refractivity contribution in [3.8, 4) is 0 Å². The Balaban J connectivity index is 2.24. The Hall–Kier alpha value is -1.33. The molecule has 1 N–H and O–H groups in total. The minimum atomic E-state index is -0.886. The van der Waals surface area contributed by atoms with Crippen LogP contribution in [-0.4, -0.2) is 16.1 Å². The monoisotopic (exact) mass is 279 g/mol. The number of carboxylic acid groups (broad SMARTS) is 1. The lowest BCUT2D eigenvalue weighted by Crippen LogP contribution is -1.99. The Labute approximate surface area is 114 Å². The van der Waals surface area contributed by atoms with E-state index in [1.165, 1.54) is 11.8 Å². The van der Waals surface area contributed by atoms with Crippen LogP contribution >= 0.6 is 23.1 Å². The second kappa shape index (κ2) is 5.54. The molecule has 94 valence electrons. The molecule has 0 fully saturated rings. The minimum Gasteiger partial charge on any atom is -0.478 e. The molecule has 5 heteroatoms. The average molecular weight is 279 g/mol. The van der Waals surface area contributed by atoms with Gasteiger partial charge >= 0.3 is 5.97 Å². The van der Waals surface area contributed by atoms with E-state index in [0.29, 0.717) is 5.56 Å². The molecule has 0 aliphatic rings. The van der Waals surface area contributed by atoms with E-state index in [0.717, 1.165) is 26.9 Å². The summed E-state index contributed by atoms with van der Waals surface area (Å²) in [6.45, 7) is 3.87. The molecule has 2 rings (SSSR count). The Morgan fingerprint density at radius 1 is 1.50 bits per heavy atom. The van der Waals surface area contributed by atoms with E-state index in [1.54, 1.807) is 24.3 Å². The van der Waals surface area contributed by atoms with Gasteiger partial charge in [0, 0.05) is 10.3 Å².